The number of hydrogen-bond donors (Lipinski definition) is 1. The first-order valence-corrected chi connectivity index (χ1v) is 13.3. The summed E-state index contributed by atoms with van der Waals surface area (Å²) in [5.74, 6) is -1.33. The van der Waals surface area contributed by atoms with Gasteiger partial charge in [-0.05, 0) is 66.6 Å². The number of fused-ring (bicyclic) bond motifs is 1. The van der Waals surface area contributed by atoms with Crippen LogP contribution < -0.4 is 10.2 Å². The third-order valence-electron chi connectivity index (χ3n) is 6.87. The molecule has 0 bridgehead atoms. The molecule has 9 heteroatoms. The maximum atomic E-state index is 14.5. The smallest absolute Gasteiger partial charge is 0.251 e. The molecule has 0 saturated heterocycles. The van der Waals surface area contributed by atoms with Gasteiger partial charge in [0, 0.05) is 32.0 Å². The molecule has 0 radical (unpaired) electrons. The molecule has 2 amide bonds. The zero-order valence-corrected chi connectivity index (χ0v) is 23.2. The molecular formula is C32H31FN6O2. The van der Waals surface area contributed by atoms with Crippen LogP contribution >= 0.6 is 0 Å². The number of halogens is 1. The second kappa shape index (κ2) is 12.0. The number of amides is 2. The Hall–Kier alpha value is -5.05. The van der Waals surface area contributed by atoms with Crippen LogP contribution in [0.15, 0.2) is 97.1 Å². The van der Waals surface area contributed by atoms with E-state index in [1.54, 1.807) is 18.2 Å². The van der Waals surface area contributed by atoms with E-state index in [0.717, 1.165) is 16.8 Å². The highest BCUT2D eigenvalue weighted by Crippen LogP contribution is 2.27. The molecule has 0 aliphatic heterocycles. The van der Waals surface area contributed by atoms with Crippen molar-refractivity contribution < 1.29 is 14.0 Å². The highest BCUT2D eigenvalue weighted by Gasteiger charge is 2.32. The molecule has 1 heterocycles. The molecule has 0 spiro atoms. The van der Waals surface area contributed by atoms with Gasteiger partial charge in [-0.3, -0.25) is 9.59 Å². The summed E-state index contributed by atoms with van der Waals surface area (Å²) in [5, 5.41) is 11.3. The second-order valence-corrected chi connectivity index (χ2v) is 10.1. The highest BCUT2D eigenvalue weighted by atomic mass is 19.1. The first-order valence-electron chi connectivity index (χ1n) is 13.3. The first-order chi connectivity index (χ1) is 19.8. The van der Waals surface area contributed by atoms with E-state index in [4.69, 9.17) is 0 Å². The maximum absolute atomic E-state index is 14.5. The van der Waals surface area contributed by atoms with Gasteiger partial charge in [0.2, 0.25) is 5.91 Å². The molecule has 1 aromatic heterocycles. The van der Waals surface area contributed by atoms with Crippen molar-refractivity contribution in [3.63, 3.8) is 0 Å². The van der Waals surface area contributed by atoms with E-state index >= 15 is 0 Å². The average molecular weight is 551 g/mol. The van der Waals surface area contributed by atoms with Crippen molar-refractivity contribution in [2.75, 3.05) is 24.3 Å². The number of carbonyl (C=O) groups excluding carboxylic acids is 2. The Labute approximate surface area is 238 Å². The molecule has 1 unspecified atom stereocenters. The fourth-order valence-corrected chi connectivity index (χ4v) is 4.67. The predicted molar refractivity (Wildman–Crippen MR) is 158 cm³/mol. The van der Waals surface area contributed by atoms with Crippen LogP contribution in [0.5, 0.6) is 0 Å². The minimum absolute atomic E-state index is 0.125. The largest absolute Gasteiger partial charge is 0.378 e. The molecule has 0 fully saturated rings. The van der Waals surface area contributed by atoms with Gasteiger partial charge in [0.15, 0.2) is 0 Å². The lowest BCUT2D eigenvalue weighted by Crippen LogP contribution is -2.42. The van der Waals surface area contributed by atoms with Crippen molar-refractivity contribution in [2.45, 2.75) is 26.1 Å². The predicted octanol–water partition coefficient (Wildman–Crippen LogP) is 5.35. The van der Waals surface area contributed by atoms with E-state index in [1.165, 1.54) is 27.8 Å². The van der Waals surface area contributed by atoms with Crippen molar-refractivity contribution in [3.8, 4) is 0 Å². The zero-order chi connectivity index (χ0) is 28.9. The quantitative estimate of drug-likeness (QED) is 0.267. The van der Waals surface area contributed by atoms with Gasteiger partial charge < -0.3 is 15.1 Å². The molecule has 0 aliphatic rings. The third-order valence-corrected chi connectivity index (χ3v) is 6.87. The van der Waals surface area contributed by atoms with E-state index in [2.05, 4.69) is 15.6 Å². The topological polar surface area (TPSA) is 83.4 Å². The Morgan fingerprint density at radius 3 is 2.37 bits per heavy atom. The summed E-state index contributed by atoms with van der Waals surface area (Å²) >= 11 is 0. The molecule has 1 atom stereocenters. The van der Waals surface area contributed by atoms with Gasteiger partial charge in [0.05, 0.1) is 5.52 Å². The van der Waals surface area contributed by atoms with Crippen LogP contribution in [0.25, 0.3) is 11.0 Å². The van der Waals surface area contributed by atoms with Gasteiger partial charge in [-0.15, -0.1) is 5.10 Å². The molecule has 1 N–H and O–H groups in total. The number of nitrogens with zero attached hydrogens (tertiary/aromatic N) is 5. The lowest BCUT2D eigenvalue weighted by atomic mass is 10.0. The maximum Gasteiger partial charge on any atom is 0.251 e. The number of rotatable bonds is 9. The molecule has 0 aliphatic carbocycles. The summed E-state index contributed by atoms with van der Waals surface area (Å²) in [4.78, 5) is 31.5. The standard InChI is InChI=1S/C32H31FN6O2/c1-22-11-13-23(14-12-22)20-38(30(40)21-39-29-10-5-4-9-28(29)35-36-39)31(24-7-6-8-25(33)19-24)32(41)34-26-15-17-27(18-16-26)37(2)3/h4-19,31H,20-21H2,1-3H3,(H,34,41). The second-order valence-electron chi connectivity index (χ2n) is 10.1. The van der Waals surface area contributed by atoms with E-state index in [-0.39, 0.29) is 19.0 Å². The molecular weight excluding hydrogens is 519 g/mol. The van der Waals surface area contributed by atoms with Crippen molar-refractivity contribution in [1.82, 2.24) is 19.9 Å². The van der Waals surface area contributed by atoms with Crippen LogP contribution in [-0.2, 0) is 22.7 Å². The van der Waals surface area contributed by atoms with Gasteiger partial charge in [-0.1, -0.05) is 59.3 Å². The summed E-state index contributed by atoms with van der Waals surface area (Å²) in [6.07, 6.45) is 0. The molecule has 8 nitrogen and oxygen atoms in total. The van der Waals surface area contributed by atoms with Crippen molar-refractivity contribution in [2.24, 2.45) is 0 Å². The number of nitrogens with one attached hydrogen (secondary N) is 1. The normalized spacial score (nSPS) is 11.7. The Balaban J connectivity index is 1.54. The van der Waals surface area contributed by atoms with Crippen LogP contribution in [0.1, 0.15) is 22.7 Å². The van der Waals surface area contributed by atoms with Gasteiger partial charge in [-0.2, -0.15) is 0 Å². The monoisotopic (exact) mass is 550 g/mol. The van der Waals surface area contributed by atoms with Gasteiger partial charge in [-0.25, -0.2) is 9.07 Å². The lowest BCUT2D eigenvalue weighted by Gasteiger charge is -2.32. The van der Waals surface area contributed by atoms with Crippen LogP contribution in [0.3, 0.4) is 0 Å². The van der Waals surface area contributed by atoms with Gasteiger partial charge in [0.1, 0.15) is 23.9 Å². The Kier molecular flexibility index (Phi) is 8.05. The van der Waals surface area contributed by atoms with Crippen LogP contribution in [0.2, 0.25) is 0 Å². The van der Waals surface area contributed by atoms with Gasteiger partial charge >= 0.3 is 0 Å². The lowest BCUT2D eigenvalue weighted by molar-refractivity contribution is -0.140. The number of anilines is 2. The number of hydrogen-bond acceptors (Lipinski definition) is 5. The fourth-order valence-electron chi connectivity index (χ4n) is 4.67. The summed E-state index contributed by atoms with van der Waals surface area (Å²) < 4.78 is 16.0. The summed E-state index contributed by atoms with van der Waals surface area (Å²) in [6, 6.07) is 27.1. The van der Waals surface area contributed by atoms with Crippen molar-refractivity contribution >= 4 is 34.2 Å². The number of aryl methyl sites for hydroxylation is 1. The van der Waals surface area contributed by atoms with E-state index < -0.39 is 17.8 Å². The zero-order valence-electron chi connectivity index (χ0n) is 23.2. The number of benzene rings is 4. The molecule has 4 aromatic carbocycles. The van der Waals surface area contributed by atoms with Crippen LogP contribution in [0.4, 0.5) is 15.8 Å². The molecule has 41 heavy (non-hydrogen) atoms. The summed E-state index contributed by atoms with van der Waals surface area (Å²) in [7, 11) is 3.86. The number of carbonyl (C=O) groups is 2. The van der Waals surface area contributed by atoms with Crippen LogP contribution in [-0.4, -0.2) is 45.8 Å². The Morgan fingerprint density at radius 2 is 1.66 bits per heavy atom. The third kappa shape index (κ3) is 6.41. The van der Waals surface area contributed by atoms with Crippen molar-refractivity contribution in [1.29, 1.82) is 0 Å². The van der Waals surface area contributed by atoms with E-state index in [0.29, 0.717) is 22.3 Å². The minimum atomic E-state index is -1.12. The van der Waals surface area contributed by atoms with Crippen molar-refractivity contribution in [3.05, 3.63) is 120 Å². The molecule has 5 aromatic rings. The van der Waals surface area contributed by atoms with Gasteiger partial charge in [0.25, 0.3) is 5.91 Å². The summed E-state index contributed by atoms with van der Waals surface area (Å²) in [5.41, 5.74) is 5.15. The minimum Gasteiger partial charge on any atom is -0.378 e. The Morgan fingerprint density at radius 1 is 0.927 bits per heavy atom. The van der Waals surface area contributed by atoms with E-state index in [1.807, 2.05) is 86.6 Å². The molecule has 5 rings (SSSR count). The number of para-hydroxylation sites is 1. The first kappa shape index (κ1) is 27.5. The average Bonchev–Trinajstić information content (AvgIpc) is 3.36. The Bertz CT molecular complexity index is 1660. The summed E-state index contributed by atoms with van der Waals surface area (Å²) in [6.45, 7) is 1.95. The molecule has 0 saturated carbocycles. The van der Waals surface area contributed by atoms with Crippen LogP contribution in [0, 0.1) is 12.7 Å². The highest BCUT2D eigenvalue weighted by molar-refractivity contribution is 5.98. The molecule has 208 valence electrons. The number of aromatic nitrogens is 3. The fraction of sp³-hybridized carbons (Fsp3) is 0.188. The SMILES string of the molecule is Cc1ccc(CN(C(=O)Cn2nnc3ccccc32)C(C(=O)Nc2ccc(N(C)C)cc2)c2cccc(F)c2)cc1. The van der Waals surface area contributed by atoms with E-state index in [9.17, 15) is 14.0 Å².